The third-order valence-corrected chi connectivity index (χ3v) is 5.84. The van der Waals surface area contributed by atoms with Gasteiger partial charge in [-0.05, 0) is 38.8 Å². The molecule has 3 nitrogen and oxygen atoms in total. The summed E-state index contributed by atoms with van der Waals surface area (Å²) in [6, 6.07) is 11.8. The van der Waals surface area contributed by atoms with Crippen LogP contribution in [0.4, 0.5) is 0 Å². The monoisotopic (exact) mass is 350 g/mol. The minimum atomic E-state index is -0.614. The van der Waals surface area contributed by atoms with Crippen molar-refractivity contribution in [3.8, 4) is 0 Å². The summed E-state index contributed by atoms with van der Waals surface area (Å²) in [5.41, 5.74) is -0.614. The molecule has 0 aromatic heterocycles. The van der Waals surface area contributed by atoms with Crippen molar-refractivity contribution < 1.29 is 5.11 Å². The number of hydrogen-bond acceptors (Lipinski definition) is 4. The lowest BCUT2D eigenvalue weighted by atomic mass is 9.99. The van der Waals surface area contributed by atoms with Gasteiger partial charge in [-0.1, -0.05) is 32.0 Å². The van der Waals surface area contributed by atoms with Gasteiger partial charge in [0.2, 0.25) is 0 Å². The summed E-state index contributed by atoms with van der Waals surface area (Å²) in [6.45, 7) is 12.5. The molecule has 0 unspecified atom stereocenters. The van der Waals surface area contributed by atoms with E-state index < -0.39 is 5.60 Å². The normalized spacial score (nSPS) is 23.5. The Morgan fingerprint density at radius 1 is 1.04 bits per heavy atom. The van der Waals surface area contributed by atoms with Gasteiger partial charge in [0, 0.05) is 48.9 Å². The van der Waals surface area contributed by atoms with Crippen molar-refractivity contribution in [3.05, 3.63) is 30.3 Å². The summed E-state index contributed by atoms with van der Waals surface area (Å²) in [5.74, 6) is 1.14. The first-order valence-electron chi connectivity index (χ1n) is 9.31. The van der Waals surface area contributed by atoms with Crippen LogP contribution in [0.15, 0.2) is 35.2 Å². The molecule has 1 aromatic rings. The van der Waals surface area contributed by atoms with Crippen LogP contribution in [-0.2, 0) is 0 Å². The van der Waals surface area contributed by atoms with E-state index in [2.05, 4.69) is 54.0 Å². The molecule has 0 amide bonds. The van der Waals surface area contributed by atoms with Crippen LogP contribution in [0.1, 0.15) is 40.5 Å². The number of hydrogen-bond donors (Lipinski definition) is 1. The standard InChI is InChI=1S/C20H34N2OS/c1-5-17-15-22(16-20(3,4)23)18(6-2)14-21(17)12-13-24-19-10-8-7-9-11-19/h7-11,17-18,23H,5-6,12-16H2,1-4H3/t17-,18+/m0/s1. The van der Waals surface area contributed by atoms with E-state index in [-0.39, 0.29) is 0 Å². The van der Waals surface area contributed by atoms with Crippen LogP contribution in [0.5, 0.6) is 0 Å². The highest BCUT2D eigenvalue weighted by molar-refractivity contribution is 7.99. The van der Waals surface area contributed by atoms with Crippen molar-refractivity contribution in [2.24, 2.45) is 0 Å². The molecule has 4 heteroatoms. The maximum atomic E-state index is 10.2. The van der Waals surface area contributed by atoms with Crippen molar-refractivity contribution >= 4 is 11.8 Å². The van der Waals surface area contributed by atoms with Gasteiger partial charge >= 0.3 is 0 Å². The Bertz CT molecular complexity index is 474. The average molecular weight is 351 g/mol. The fraction of sp³-hybridized carbons (Fsp3) is 0.700. The SMILES string of the molecule is CC[C@@H]1CN(CCSc2ccccc2)[C@@H](CC)CN1CC(C)(C)O. The van der Waals surface area contributed by atoms with Gasteiger partial charge in [-0.25, -0.2) is 0 Å². The fourth-order valence-corrected chi connectivity index (χ4v) is 4.52. The molecule has 0 radical (unpaired) electrons. The molecule has 0 bridgehead atoms. The van der Waals surface area contributed by atoms with E-state index in [0.29, 0.717) is 12.1 Å². The van der Waals surface area contributed by atoms with Gasteiger partial charge in [0.25, 0.3) is 0 Å². The molecule has 2 rings (SSSR count). The van der Waals surface area contributed by atoms with Crippen molar-refractivity contribution in [1.29, 1.82) is 0 Å². The summed E-state index contributed by atoms with van der Waals surface area (Å²) in [6.07, 6.45) is 2.32. The predicted molar refractivity (Wildman–Crippen MR) is 105 cm³/mol. The molecule has 1 N–H and O–H groups in total. The quantitative estimate of drug-likeness (QED) is 0.723. The van der Waals surface area contributed by atoms with E-state index in [9.17, 15) is 5.11 Å². The van der Waals surface area contributed by atoms with Crippen LogP contribution in [0.3, 0.4) is 0 Å². The van der Waals surface area contributed by atoms with Gasteiger partial charge in [-0.15, -0.1) is 11.8 Å². The fourth-order valence-electron chi connectivity index (χ4n) is 3.61. The Hall–Kier alpha value is -0.550. The van der Waals surface area contributed by atoms with Crippen LogP contribution in [0.2, 0.25) is 0 Å². The third-order valence-electron chi connectivity index (χ3n) is 4.85. The molecule has 1 aromatic carbocycles. The van der Waals surface area contributed by atoms with Gasteiger partial charge < -0.3 is 5.11 Å². The number of piperazine rings is 1. The zero-order valence-corrected chi connectivity index (χ0v) is 16.6. The lowest BCUT2D eigenvalue weighted by Gasteiger charge is -2.47. The second-order valence-electron chi connectivity index (χ2n) is 7.52. The van der Waals surface area contributed by atoms with Crippen LogP contribution in [0.25, 0.3) is 0 Å². The van der Waals surface area contributed by atoms with Gasteiger partial charge in [0.1, 0.15) is 0 Å². The summed E-state index contributed by atoms with van der Waals surface area (Å²) in [7, 11) is 0. The Balaban J connectivity index is 1.90. The van der Waals surface area contributed by atoms with Crippen LogP contribution in [-0.4, -0.2) is 64.5 Å². The molecule has 1 aliphatic rings. The van der Waals surface area contributed by atoms with Crippen LogP contribution in [0, 0.1) is 0 Å². The average Bonchev–Trinajstić information content (AvgIpc) is 2.55. The molecule has 1 aliphatic heterocycles. The van der Waals surface area contributed by atoms with Gasteiger partial charge in [-0.3, -0.25) is 9.80 Å². The predicted octanol–water partition coefficient (Wildman–Crippen LogP) is 3.72. The summed E-state index contributed by atoms with van der Waals surface area (Å²) in [5, 5.41) is 10.2. The molecule has 0 spiro atoms. The summed E-state index contributed by atoms with van der Waals surface area (Å²) < 4.78 is 0. The molecule has 2 atom stereocenters. The molecule has 1 heterocycles. The topological polar surface area (TPSA) is 26.7 Å². The van der Waals surface area contributed by atoms with E-state index in [1.54, 1.807) is 0 Å². The van der Waals surface area contributed by atoms with Gasteiger partial charge in [0.15, 0.2) is 0 Å². The molecule has 136 valence electrons. The first-order chi connectivity index (χ1) is 11.4. The first-order valence-corrected chi connectivity index (χ1v) is 10.3. The number of thioether (sulfide) groups is 1. The lowest BCUT2D eigenvalue weighted by Crippen LogP contribution is -2.60. The molecular formula is C20H34N2OS. The highest BCUT2D eigenvalue weighted by Crippen LogP contribution is 2.23. The molecule has 1 fully saturated rings. The van der Waals surface area contributed by atoms with E-state index in [1.165, 1.54) is 11.3 Å². The number of aliphatic hydroxyl groups is 1. The lowest BCUT2D eigenvalue weighted by molar-refractivity contribution is -0.0281. The Labute approximate surface area is 152 Å². The number of rotatable bonds is 8. The maximum absolute atomic E-state index is 10.2. The van der Waals surface area contributed by atoms with E-state index >= 15 is 0 Å². The van der Waals surface area contributed by atoms with E-state index in [0.717, 1.165) is 38.4 Å². The van der Waals surface area contributed by atoms with Crippen LogP contribution >= 0.6 is 11.8 Å². The molecular weight excluding hydrogens is 316 g/mol. The van der Waals surface area contributed by atoms with E-state index in [1.807, 2.05) is 25.6 Å². The Kier molecular flexibility index (Phi) is 7.60. The first kappa shape index (κ1) is 19.8. The maximum Gasteiger partial charge on any atom is 0.0718 e. The van der Waals surface area contributed by atoms with Crippen molar-refractivity contribution in [2.75, 3.05) is 31.9 Å². The number of benzene rings is 1. The van der Waals surface area contributed by atoms with Gasteiger partial charge in [-0.2, -0.15) is 0 Å². The van der Waals surface area contributed by atoms with Gasteiger partial charge in [0.05, 0.1) is 5.60 Å². The van der Waals surface area contributed by atoms with Crippen molar-refractivity contribution in [2.45, 2.75) is 63.1 Å². The Morgan fingerprint density at radius 2 is 1.62 bits per heavy atom. The highest BCUT2D eigenvalue weighted by Gasteiger charge is 2.33. The molecule has 24 heavy (non-hydrogen) atoms. The Morgan fingerprint density at radius 3 is 2.21 bits per heavy atom. The summed E-state index contributed by atoms with van der Waals surface area (Å²) in [4.78, 5) is 6.54. The molecule has 0 aliphatic carbocycles. The highest BCUT2D eigenvalue weighted by atomic mass is 32.2. The number of nitrogens with zero attached hydrogens (tertiary/aromatic N) is 2. The minimum absolute atomic E-state index is 0.556. The van der Waals surface area contributed by atoms with Crippen LogP contribution < -0.4 is 0 Å². The van der Waals surface area contributed by atoms with Crippen molar-refractivity contribution in [1.82, 2.24) is 9.80 Å². The largest absolute Gasteiger partial charge is 0.389 e. The molecule has 1 saturated heterocycles. The van der Waals surface area contributed by atoms with Crippen molar-refractivity contribution in [3.63, 3.8) is 0 Å². The molecule has 0 saturated carbocycles. The zero-order chi connectivity index (χ0) is 17.6. The zero-order valence-electron chi connectivity index (χ0n) is 15.7. The second kappa shape index (κ2) is 9.23. The minimum Gasteiger partial charge on any atom is -0.389 e. The van der Waals surface area contributed by atoms with E-state index in [4.69, 9.17) is 0 Å². The smallest absolute Gasteiger partial charge is 0.0718 e. The second-order valence-corrected chi connectivity index (χ2v) is 8.69. The summed E-state index contributed by atoms with van der Waals surface area (Å²) >= 11 is 1.95. The number of β-amino-alcohol motifs (C(OH)–C–C–N with tert-alkyl or cyclic N) is 1. The third kappa shape index (κ3) is 6.07.